The summed E-state index contributed by atoms with van der Waals surface area (Å²) < 4.78 is 0. The zero-order valence-corrected chi connectivity index (χ0v) is 14.8. The van der Waals surface area contributed by atoms with Crippen LogP contribution in [0.5, 0.6) is 0 Å². The van der Waals surface area contributed by atoms with Crippen molar-refractivity contribution in [1.29, 1.82) is 0 Å². The van der Waals surface area contributed by atoms with Gasteiger partial charge in [-0.1, -0.05) is 12.5 Å². The van der Waals surface area contributed by atoms with Crippen molar-refractivity contribution < 1.29 is 14.4 Å². The lowest BCUT2D eigenvalue weighted by molar-refractivity contribution is -0.131. The molecule has 7 atom stereocenters. The number of carbonyl (C=O) groups is 3. The van der Waals surface area contributed by atoms with Gasteiger partial charge in [0.2, 0.25) is 0 Å². The normalized spacial score (nSPS) is 47.2. The Morgan fingerprint density at radius 2 is 2.00 bits per heavy atom. The highest BCUT2D eigenvalue weighted by atomic mass is 16.1. The van der Waals surface area contributed by atoms with Gasteiger partial charge in [-0.25, -0.2) is 0 Å². The van der Waals surface area contributed by atoms with Crippen LogP contribution in [0.2, 0.25) is 0 Å². The Hall–Kier alpha value is -1.25. The van der Waals surface area contributed by atoms with Crippen molar-refractivity contribution in [2.45, 2.75) is 58.8 Å². The van der Waals surface area contributed by atoms with Gasteiger partial charge in [-0.05, 0) is 80.6 Å². The summed E-state index contributed by atoms with van der Waals surface area (Å²) in [4.78, 5) is 35.7. The van der Waals surface area contributed by atoms with Crippen LogP contribution < -0.4 is 0 Å². The van der Waals surface area contributed by atoms with Crippen LogP contribution in [0.1, 0.15) is 58.8 Å². The van der Waals surface area contributed by atoms with E-state index >= 15 is 0 Å². The quantitative estimate of drug-likeness (QED) is 0.725. The molecule has 0 spiro atoms. The second-order valence-electron chi connectivity index (χ2n) is 8.97. The van der Waals surface area contributed by atoms with Crippen molar-refractivity contribution in [3.8, 4) is 0 Å². The molecule has 0 aromatic heterocycles. The monoisotopic (exact) mass is 328 g/mol. The van der Waals surface area contributed by atoms with E-state index in [1.807, 2.05) is 6.08 Å². The number of rotatable bonds is 2. The molecule has 0 saturated heterocycles. The van der Waals surface area contributed by atoms with Crippen molar-refractivity contribution >= 4 is 17.9 Å². The molecule has 0 N–H and O–H groups in total. The molecule has 0 aromatic rings. The number of hydrogen-bond donors (Lipinski definition) is 0. The molecular weight excluding hydrogens is 300 g/mol. The predicted octanol–water partition coefficient (Wildman–Crippen LogP) is 3.76. The molecule has 4 rings (SSSR count). The van der Waals surface area contributed by atoms with Gasteiger partial charge in [0, 0.05) is 18.3 Å². The number of Topliss-reactive ketones (excluding diaryl/α,β-unsaturated/α-hetero) is 1. The van der Waals surface area contributed by atoms with Crippen LogP contribution in [0.4, 0.5) is 0 Å². The van der Waals surface area contributed by atoms with Crippen LogP contribution in [0.25, 0.3) is 0 Å². The summed E-state index contributed by atoms with van der Waals surface area (Å²) in [6.45, 7) is 3.95. The van der Waals surface area contributed by atoms with Crippen molar-refractivity contribution in [3.63, 3.8) is 0 Å². The fraction of sp³-hybridized carbons (Fsp3) is 0.762. The number of carbonyl (C=O) groups excluding carboxylic acids is 3. The maximum atomic E-state index is 12.3. The first kappa shape index (κ1) is 16.2. The molecule has 0 amide bonds. The summed E-state index contributed by atoms with van der Waals surface area (Å²) in [6, 6.07) is 0. The van der Waals surface area contributed by atoms with Gasteiger partial charge in [0.1, 0.15) is 12.1 Å². The largest absolute Gasteiger partial charge is 0.303 e. The van der Waals surface area contributed by atoms with Gasteiger partial charge < -0.3 is 4.79 Å². The van der Waals surface area contributed by atoms with E-state index in [1.165, 1.54) is 5.57 Å². The Kier molecular flexibility index (Phi) is 3.81. The van der Waals surface area contributed by atoms with Crippen LogP contribution >= 0.6 is 0 Å². The molecule has 24 heavy (non-hydrogen) atoms. The number of aldehydes is 1. The zero-order chi connectivity index (χ0) is 17.1. The fourth-order valence-corrected chi connectivity index (χ4v) is 7.18. The molecule has 1 unspecified atom stereocenters. The zero-order valence-electron chi connectivity index (χ0n) is 14.8. The summed E-state index contributed by atoms with van der Waals surface area (Å²) in [7, 11) is 0. The van der Waals surface area contributed by atoms with E-state index in [4.69, 9.17) is 0 Å². The number of ketones is 2. The molecule has 0 aliphatic heterocycles. The molecule has 0 radical (unpaired) electrons. The van der Waals surface area contributed by atoms with Gasteiger partial charge in [0.15, 0.2) is 5.78 Å². The highest BCUT2D eigenvalue weighted by molar-refractivity contribution is 5.91. The molecule has 0 aromatic carbocycles. The molecule has 3 heteroatoms. The fourth-order valence-electron chi connectivity index (χ4n) is 7.18. The van der Waals surface area contributed by atoms with E-state index in [9.17, 15) is 14.4 Å². The SMILES string of the molecule is CC(=O)[C@H]1C(C=O)C[C@H]2[C@@H]3CCC4=CC(=O)CC[C@@H]4[C@H]3CC[C@]12C. The summed E-state index contributed by atoms with van der Waals surface area (Å²) in [5.74, 6) is 2.72. The molecule has 130 valence electrons. The van der Waals surface area contributed by atoms with E-state index in [0.717, 1.165) is 44.8 Å². The lowest BCUT2D eigenvalue weighted by Crippen LogP contribution is -2.47. The summed E-state index contributed by atoms with van der Waals surface area (Å²) in [5.41, 5.74) is 1.40. The minimum atomic E-state index is -0.0823. The third-order valence-electron chi connectivity index (χ3n) is 8.02. The molecule has 3 nitrogen and oxygen atoms in total. The van der Waals surface area contributed by atoms with E-state index < -0.39 is 0 Å². The van der Waals surface area contributed by atoms with Crippen LogP contribution in [-0.2, 0) is 14.4 Å². The molecule has 4 aliphatic carbocycles. The topological polar surface area (TPSA) is 51.2 Å². The molecule has 0 heterocycles. The van der Waals surface area contributed by atoms with Gasteiger partial charge >= 0.3 is 0 Å². The second-order valence-corrected chi connectivity index (χ2v) is 8.97. The van der Waals surface area contributed by atoms with Crippen LogP contribution in [0, 0.1) is 40.9 Å². The molecule has 3 fully saturated rings. The third kappa shape index (κ3) is 2.19. The summed E-state index contributed by atoms with van der Waals surface area (Å²) >= 11 is 0. The highest BCUT2D eigenvalue weighted by Crippen LogP contribution is 2.64. The predicted molar refractivity (Wildman–Crippen MR) is 91.2 cm³/mol. The van der Waals surface area contributed by atoms with Gasteiger partial charge in [-0.2, -0.15) is 0 Å². The standard InChI is InChI=1S/C21H28O3/c1-12(23)20-14(11-22)10-19-18-5-3-13-9-15(24)4-6-16(13)17(18)7-8-21(19,20)2/h9,11,14,16-20H,3-8,10H2,1-2H3/t14?,16-,17+,18+,19-,20-,21-/m0/s1. The maximum absolute atomic E-state index is 12.3. The lowest BCUT2D eigenvalue weighted by Gasteiger charge is -2.53. The van der Waals surface area contributed by atoms with Crippen molar-refractivity contribution in [1.82, 2.24) is 0 Å². The Balaban J connectivity index is 1.66. The Morgan fingerprint density at radius 3 is 2.71 bits per heavy atom. The number of allylic oxidation sites excluding steroid dienone is 1. The van der Waals surface area contributed by atoms with Gasteiger partial charge in [-0.15, -0.1) is 0 Å². The van der Waals surface area contributed by atoms with Gasteiger partial charge in [-0.3, -0.25) is 9.59 Å². The highest BCUT2D eigenvalue weighted by Gasteiger charge is 2.60. The minimum Gasteiger partial charge on any atom is -0.303 e. The molecule has 3 saturated carbocycles. The van der Waals surface area contributed by atoms with E-state index in [1.54, 1.807) is 6.92 Å². The molecular formula is C21H28O3. The van der Waals surface area contributed by atoms with Crippen molar-refractivity contribution in [3.05, 3.63) is 11.6 Å². The minimum absolute atomic E-state index is 0.00425. The lowest BCUT2D eigenvalue weighted by atomic mass is 9.51. The first-order valence-corrected chi connectivity index (χ1v) is 9.64. The average molecular weight is 328 g/mol. The smallest absolute Gasteiger partial charge is 0.155 e. The Labute approximate surface area is 144 Å². The average Bonchev–Trinajstić information content (AvgIpc) is 2.86. The second kappa shape index (κ2) is 5.64. The third-order valence-corrected chi connectivity index (χ3v) is 8.02. The first-order chi connectivity index (χ1) is 11.5. The number of hydrogen-bond acceptors (Lipinski definition) is 3. The molecule has 0 bridgehead atoms. The van der Waals surface area contributed by atoms with E-state index in [-0.39, 0.29) is 23.0 Å². The van der Waals surface area contributed by atoms with E-state index in [0.29, 0.717) is 35.9 Å². The molecule has 4 aliphatic rings. The summed E-state index contributed by atoms with van der Waals surface area (Å²) in [6.07, 6.45) is 9.99. The van der Waals surface area contributed by atoms with Crippen LogP contribution in [-0.4, -0.2) is 17.9 Å². The Morgan fingerprint density at radius 1 is 1.21 bits per heavy atom. The van der Waals surface area contributed by atoms with E-state index in [2.05, 4.69) is 6.92 Å². The Bertz CT molecular complexity index is 619. The van der Waals surface area contributed by atoms with Crippen LogP contribution in [0.3, 0.4) is 0 Å². The van der Waals surface area contributed by atoms with Crippen LogP contribution in [0.15, 0.2) is 11.6 Å². The maximum Gasteiger partial charge on any atom is 0.155 e. The van der Waals surface area contributed by atoms with Crippen molar-refractivity contribution in [2.75, 3.05) is 0 Å². The van der Waals surface area contributed by atoms with Gasteiger partial charge in [0.25, 0.3) is 0 Å². The number of fused-ring (bicyclic) bond motifs is 5. The summed E-state index contributed by atoms with van der Waals surface area (Å²) in [5, 5.41) is 0. The first-order valence-electron chi connectivity index (χ1n) is 9.64. The van der Waals surface area contributed by atoms with Crippen molar-refractivity contribution in [2.24, 2.45) is 40.9 Å². The van der Waals surface area contributed by atoms with Gasteiger partial charge in [0.05, 0.1) is 0 Å².